The molecule has 0 aliphatic carbocycles. The molecule has 0 spiro atoms. The summed E-state index contributed by atoms with van der Waals surface area (Å²) in [6, 6.07) is 67.7. The van der Waals surface area contributed by atoms with Crippen molar-refractivity contribution in [3.05, 3.63) is 182 Å². The summed E-state index contributed by atoms with van der Waals surface area (Å²) in [6.45, 7) is 0.180. The van der Waals surface area contributed by atoms with Gasteiger partial charge in [0.25, 0.3) is 0 Å². The molecule has 54 heavy (non-hydrogen) atoms. The first kappa shape index (κ1) is 30.5. The van der Waals surface area contributed by atoms with Gasteiger partial charge in [-0.15, -0.1) is 0 Å². The van der Waals surface area contributed by atoms with E-state index in [0.717, 1.165) is 0 Å². The highest BCUT2D eigenvalue weighted by Gasteiger charge is 2.38. The van der Waals surface area contributed by atoms with E-state index in [1.54, 1.807) is 0 Å². The Morgan fingerprint density at radius 3 is 1.46 bits per heavy atom. The van der Waals surface area contributed by atoms with Gasteiger partial charge in [-0.2, -0.15) is 0 Å². The maximum Gasteiger partial charge on any atom is 0.247 e. The van der Waals surface area contributed by atoms with Gasteiger partial charge in [-0.1, -0.05) is 174 Å². The summed E-state index contributed by atoms with van der Waals surface area (Å²) in [5.41, 5.74) is 13.0. The lowest BCUT2D eigenvalue weighted by atomic mass is 9.36. The van der Waals surface area contributed by atoms with Crippen molar-refractivity contribution in [2.75, 3.05) is 0 Å². The van der Waals surface area contributed by atoms with E-state index in [9.17, 15) is 0 Å². The Balaban J connectivity index is 1.11. The fraction of sp³-hybridized carbons (Fsp3) is 0. The standard InChI is InChI=1S/C50H30BNS2/c1-2-14-31(15-3-1)48-36-18-4-6-20-38(36)49(39-21-7-5-19-37(39)48)32-28-46-50-47(29-32)54-45-30-33(26-27-41(45)51(50)40-22-10-13-25-44(40)53-46)52-42-23-11-8-16-34(42)35-17-9-12-24-43(35)52/h1-30H. The summed E-state index contributed by atoms with van der Waals surface area (Å²) in [5.74, 6) is 0. The van der Waals surface area contributed by atoms with Crippen molar-refractivity contribution in [3.63, 3.8) is 0 Å². The van der Waals surface area contributed by atoms with Crippen LogP contribution in [-0.2, 0) is 0 Å². The molecule has 2 aliphatic rings. The van der Waals surface area contributed by atoms with Gasteiger partial charge < -0.3 is 4.57 Å². The van der Waals surface area contributed by atoms with Crippen molar-refractivity contribution < 1.29 is 0 Å². The van der Waals surface area contributed by atoms with Crippen LogP contribution in [0.1, 0.15) is 0 Å². The number of hydrogen-bond acceptors (Lipinski definition) is 2. The van der Waals surface area contributed by atoms with Crippen LogP contribution in [0.3, 0.4) is 0 Å². The van der Waals surface area contributed by atoms with Crippen LogP contribution in [0.4, 0.5) is 0 Å². The zero-order valence-electron chi connectivity index (χ0n) is 29.2. The third kappa shape index (κ3) is 4.38. The zero-order valence-corrected chi connectivity index (χ0v) is 30.8. The third-order valence-electron chi connectivity index (χ3n) is 11.5. The summed E-state index contributed by atoms with van der Waals surface area (Å²) >= 11 is 3.87. The average Bonchev–Trinajstić information content (AvgIpc) is 3.57. The van der Waals surface area contributed by atoms with Crippen LogP contribution in [-0.4, -0.2) is 11.3 Å². The molecule has 0 radical (unpaired) electrons. The van der Waals surface area contributed by atoms with E-state index in [4.69, 9.17) is 0 Å². The summed E-state index contributed by atoms with van der Waals surface area (Å²) in [5, 5.41) is 7.72. The van der Waals surface area contributed by atoms with E-state index < -0.39 is 0 Å². The van der Waals surface area contributed by atoms with Gasteiger partial charge in [0.1, 0.15) is 0 Å². The third-order valence-corrected chi connectivity index (χ3v) is 13.8. The van der Waals surface area contributed by atoms with Gasteiger partial charge in [0.15, 0.2) is 0 Å². The first-order valence-corrected chi connectivity index (χ1v) is 20.2. The molecular weight excluding hydrogens is 690 g/mol. The van der Waals surface area contributed by atoms with Crippen LogP contribution in [0.5, 0.6) is 0 Å². The molecule has 3 heterocycles. The fourth-order valence-corrected chi connectivity index (χ4v) is 11.8. The minimum Gasteiger partial charge on any atom is -0.309 e. The van der Waals surface area contributed by atoms with Gasteiger partial charge in [-0.3, -0.25) is 0 Å². The molecule has 0 amide bonds. The number of aromatic nitrogens is 1. The lowest BCUT2D eigenvalue weighted by Crippen LogP contribution is -2.58. The van der Waals surface area contributed by atoms with Crippen molar-refractivity contribution in [1.29, 1.82) is 0 Å². The Hall–Kier alpha value is -5.94. The number of fused-ring (bicyclic) bond motifs is 9. The number of hydrogen-bond donors (Lipinski definition) is 0. The highest BCUT2D eigenvalue weighted by atomic mass is 32.2. The number of para-hydroxylation sites is 2. The minimum absolute atomic E-state index is 0.180. The highest BCUT2D eigenvalue weighted by molar-refractivity contribution is 8.01. The quantitative estimate of drug-likeness (QED) is 0.132. The van der Waals surface area contributed by atoms with E-state index in [1.165, 1.54) is 107 Å². The molecule has 0 N–H and O–H groups in total. The molecular formula is C50H30BNS2. The lowest BCUT2D eigenvalue weighted by Gasteiger charge is -2.33. The Bertz CT molecular complexity index is 3070. The van der Waals surface area contributed by atoms with Crippen molar-refractivity contribution in [2.45, 2.75) is 19.6 Å². The van der Waals surface area contributed by atoms with Gasteiger partial charge in [0, 0.05) is 36.0 Å². The molecule has 4 heteroatoms. The molecule has 0 saturated heterocycles. The van der Waals surface area contributed by atoms with Crippen LogP contribution in [0.15, 0.2) is 202 Å². The molecule has 9 aromatic carbocycles. The predicted octanol–water partition coefficient (Wildman–Crippen LogP) is 11.9. The molecule has 12 rings (SSSR count). The SMILES string of the molecule is c1ccc(-c2c3ccccc3c(-c3cc4c5c(c3)Sc3cc(-n6c7ccccc7c7ccccc76)ccc3B5c3ccccc3S4)c3ccccc23)cc1. The monoisotopic (exact) mass is 719 g/mol. The van der Waals surface area contributed by atoms with Crippen LogP contribution >= 0.6 is 23.5 Å². The van der Waals surface area contributed by atoms with Crippen LogP contribution in [0.2, 0.25) is 0 Å². The first-order valence-electron chi connectivity index (χ1n) is 18.5. The van der Waals surface area contributed by atoms with Gasteiger partial charge in [0.2, 0.25) is 6.71 Å². The summed E-state index contributed by atoms with van der Waals surface area (Å²) in [6.07, 6.45) is 0. The second kappa shape index (κ2) is 11.8. The molecule has 0 fully saturated rings. The topological polar surface area (TPSA) is 4.93 Å². The smallest absolute Gasteiger partial charge is 0.247 e. The Kier molecular flexibility index (Phi) is 6.66. The first-order chi connectivity index (χ1) is 26.8. The van der Waals surface area contributed by atoms with E-state index in [-0.39, 0.29) is 6.71 Å². The highest BCUT2D eigenvalue weighted by Crippen LogP contribution is 2.47. The Morgan fingerprint density at radius 2 is 0.833 bits per heavy atom. The average molecular weight is 720 g/mol. The molecule has 2 aliphatic heterocycles. The van der Waals surface area contributed by atoms with E-state index in [2.05, 4.69) is 187 Å². The summed E-state index contributed by atoms with van der Waals surface area (Å²) < 4.78 is 2.44. The van der Waals surface area contributed by atoms with Crippen molar-refractivity contribution in [1.82, 2.24) is 4.57 Å². The Labute approximate surface area is 322 Å². The van der Waals surface area contributed by atoms with Gasteiger partial charge in [-0.25, -0.2) is 0 Å². The molecule has 1 nitrogen and oxygen atoms in total. The maximum atomic E-state index is 2.50. The fourth-order valence-electron chi connectivity index (χ4n) is 9.27. The van der Waals surface area contributed by atoms with Crippen LogP contribution < -0.4 is 16.4 Å². The molecule has 0 atom stereocenters. The van der Waals surface area contributed by atoms with Crippen LogP contribution in [0.25, 0.3) is 71.3 Å². The largest absolute Gasteiger partial charge is 0.309 e. The van der Waals surface area contributed by atoms with E-state index >= 15 is 0 Å². The van der Waals surface area contributed by atoms with Gasteiger partial charge >= 0.3 is 0 Å². The zero-order chi connectivity index (χ0) is 35.3. The number of rotatable bonds is 3. The number of benzene rings is 9. The minimum atomic E-state index is 0.180. The second-order valence-electron chi connectivity index (χ2n) is 14.4. The molecule has 250 valence electrons. The molecule has 1 aromatic heterocycles. The molecule has 10 aromatic rings. The Morgan fingerprint density at radius 1 is 0.352 bits per heavy atom. The van der Waals surface area contributed by atoms with Crippen LogP contribution in [0, 0.1) is 0 Å². The van der Waals surface area contributed by atoms with E-state index in [1.807, 2.05) is 23.5 Å². The molecule has 0 unspecified atom stereocenters. The van der Waals surface area contributed by atoms with Crippen molar-refractivity contribution >= 4 is 90.0 Å². The van der Waals surface area contributed by atoms with Crippen molar-refractivity contribution in [2.24, 2.45) is 0 Å². The predicted molar refractivity (Wildman–Crippen MR) is 232 cm³/mol. The maximum absolute atomic E-state index is 2.50. The van der Waals surface area contributed by atoms with Gasteiger partial charge in [-0.05, 0) is 91.7 Å². The summed E-state index contributed by atoms with van der Waals surface area (Å²) in [7, 11) is 0. The number of nitrogens with zero attached hydrogens (tertiary/aromatic N) is 1. The molecule has 0 saturated carbocycles. The summed E-state index contributed by atoms with van der Waals surface area (Å²) in [4.78, 5) is 5.38. The lowest BCUT2D eigenvalue weighted by molar-refractivity contribution is 1.16. The second-order valence-corrected chi connectivity index (χ2v) is 16.5. The molecule has 0 bridgehead atoms. The van der Waals surface area contributed by atoms with Crippen molar-refractivity contribution in [3.8, 4) is 27.9 Å². The van der Waals surface area contributed by atoms with Gasteiger partial charge in [0.05, 0.1) is 11.0 Å². The van der Waals surface area contributed by atoms with E-state index in [0.29, 0.717) is 0 Å². The normalized spacial score (nSPS) is 13.0.